The van der Waals surface area contributed by atoms with Gasteiger partial charge in [0.25, 0.3) is 0 Å². The summed E-state index contributed by atoms with van der Waals surface area (Å²) in [5, 5.41) is 0. The molecule has 1 aromatic carbocycles. The molecule has 0 aliphatic heterocycles. The SMILES string of the molecule is Cc1cc2nc(C=O)c(=NC(=O)N(C)CCN)n(CCN)c2cc1C. The smallest absolute Gasteiger partial charge is 0.329 e. The lowest BCUT2D eigenvalue weighted by Gasteiger charge is -2.16. The van der Waals surface area contributed by atoms with Gasteiger partial charge in [0.1, 0.15) is 5.69 Å². The summed E-state index contributed by atoms with van der Waals surface area (Å²) in [4.78, 5) is 33.7. The van der Waals surface area contributed by atoms with Crippen molar-refractivity contribution in [1.82, 2.24) is 14.5 Å². The minimum absolute atomic E-state index is 0.110. The molecule has 134 valence electrons. The molecule has 1 aromatic heterocycles. The predicted molar refractivity (Wildman–Crippen MR) is 96.3 cm³/mol. The van der Waals surface area contributed by atoms with Crippen LogP contribution in [0, 0.1) is 13.8 Å². The van der Waals surface area contributed by atoms with Crippen LogP contribution >= 0.6 is 0 Å². The van der Waals surface area contributed by atoms with Crippen molar-refractivity contribution >= 4 is 23.4 Å². The molecule has 25 heavy (non-hydrogen) atoms. The Hall–Kier alpha value is -2.58. The summed E-state index contributed by atoms with van der Waals surface area (Å²) >= 11 is 0. The zero-order valence-corrected chi connectivity index (χ0v) is 14.8. The molecular weight excluding hydrogens is 320 g/mol. The highest BCUT2D eigenvalue weighted by atomic mass is 16.2. The number of benzene rings is 1. The van der Waals surface area contributed by atoms with E-state index in [1.807, 2.05) is 26.0 Å². The van der Waals surface area contributed by atoms with Crippen LogP contribution in [0.25, 0.3) is 11.0 Å². The number of rotatable bonds is 5. The lowest BCUT2D eigenvalue weighted by atomic mass is 10.1. The van der Waals surface area contributed by atoms with Gasteiger partial charge in [-0.1, -0.05) is 0 Å². The van der Waals surface area contributed by atoms with Crippen LogP contribution in [-0.2, 0) is 6.54 Å². The lowest BCUT2D eigenvalue weighted by Crippen LogP contribution is -2.35. The van der Waals surface area contributed by atoms with Crippen molar-refractivity contribution in [3.05, 3.63) is 34.4 Å². The highest BCUT2D eigenvalue weighted by molar-refractivity contribution is 5.82. The molecular formula is C17H24N6O2. The molecule has 1 heterocycles. The quantitative estimate of drug-likeness (QED) is 0.758. The monoisotopic (exact) mass is 344 g/mol. The summed E-state index contributed by atoms with van der Waals surface area (Å²) in [6.45, 7) is 5.42. The van der Waals surface area contributed by atoms with Crippen LogP contribution in [-0.4, -0.2) is 53.5 Å². The maximum Gasteiger partial charge on any atom is 0.345 e. The fourth-order valence-corrected chi connectivity index (χ4v) is 2.54. The summed E-state index contributed by atoms with van der Waals surface area (Å²) in [6.07, 6.45) is 0.608. The van der Waals surface area contributed by atoms with Gasteiger partial charge < -0.3 is 20.9 Å². The number of likely N-dealkylation sites (N-methyl/N-ethyl adjacent to an activating group) is 1. The van der Waals surface area contributed by atoms with Crippen molar-refractivity contribution in [3.8, 4) is 0 Å². The number of fused-ring (bicyclic) bond motifs is 1. The van der Waals surface area contributed by atoms with Crippen LogP contribution in [0.1, 0.15) is 21.6 Å². The Kier molecular flexibility index (Phi) is 6.00. The molecule has 0 bridgehead atoms. The zero-order valence-electron chi connectivity index (χ0n) is 14.8. The first-order valence-corrected chi connectivity index (χ1v) is 8.09. The van der Waals surface area contributed by atoms with Gasteiger partial charge in [-0.2, -0.15) is 4.99 Å². The average Bonchev–Trinajstić information content (AvgIpc) is 2.58. The second-order valence-corrected chi connectivity index (χ2v) is 5.91. The molecule has 0 aliphatic carbocycles. The minimum atomic E-state index is -0.482. The molecule has 0 fully saturated rings. The Bertz CT molecular complexity index is 872. The van der Waals surface area contributed by atoms with Crippen molar-refractivity contribution in [2.45, 2.75) is 20.4 Å². The maximum absolute atomic E-state index is 12.3. The third-order valence-electron chi connectivity index (χ3n) is 4.06. The van der Waals surface area contributed by atoms with E-state index in [0.717, 1.165) is 16.6 Å². The average molecular weight is 344 g/mol. The molecule has 0 saturated carbocycles. The number of aryl methyl sites for hydroxylation is 2. The lowest BCUT2D eigenvalue weighted by molar-refractivity contribution is 0.111. The number of aromatic nitrogens is 2. The number of carbonyl (C=O) groups excluding carboxylic acids is 2. The van der Waals surface area contributed by atoms with Gasteiger partial charge in [-0.25, -0.2) is 9.78 Å². The number of hydrogen-bond donors (Lipinski definition) is 2. The van der Waals surface area contributed by atoms with E-state index < -0.39 is 6.03 Å². The normalized spacial score (nSPS) is 11.8. The first-order valence-electron chi connectivity index (χ1n) is 8.09. The zero-order chi connectivity index (χ0) is 18.6. The van der Waals surface area contributed by atoms with Crippen LogP contribution < -0.4 is 17.0 Å². The van der Waals surface area contributed by atoms with Crippen LogP contribution in [0.3, 0.4) is 0 Å². The Balaban J connectivity index is 2.80. The molecule has 2 aromatic rings. The van der Waals surface area contributed by atoms with Crippen molar-refractivity contribution in [2.24, 2.45) is 16.5 Å². The van der Waals surface area contributed by atoms with Gasteiger partial charge in [0, 0.05) is 33.2 Å². The van der Waals surface area contributed by atoms with Crippen LogP contribution in [0.5, 0.6) is 0 Å². The molecule has 8 nitrogen and oxygen atoms in total. The fraction of sp³-hybridized carbons (Fsp3) is 0.412. The number of urea groups is 1. The van der Waals surface area contributed by atoms with Crippen molar-refractivity contribution in [2.75, 3.05) is 26.7 Å². The second kappa shape index (κ2) is 8.00. The minimum Gasteiger partial charge on any atom is -0.329 e. The third-order valence-corrected chi connectivity index (χ3v) is 4.06. The third kappa shape index (κ3) is 3.92. The maximum atomic E-state index is 12.3. The van der Waals surface area contributed by atoms with Gasteiger partial charge in [0.2, 0.25) is 0 Å². The number of nitrogens with two attached hydrogens (primary N) is 2. The molecule has 2 rings (SSSR count). The Morgan fingerprint density at radius 3 is 2.56 bits per heavy atom. The molecule has 0 atom stereocenters. The van der Waals surface area contributed by atoms with E-state index in [2.05, 4.69) is 9.98 Å². The summed E-state index contributed by atoms with van der Waals surface area (Å²) in [7, 11) is 1.61. The van der Waals surface area contributed by atoms with Gasteiger partial charge in [0.05, 0.1) is 11.0 Å². The van der Waals surface area contributed by atoms with Gasteiger partial charge in [-0.05, 0) is 37.1 Å². The van der Waals surface area contributed by atoms with E-state index in [1.165, 1.54) is 4.90 Å². The molecule has 0 unspecified atom stereocenters. The highest BCUT2D eigenvalue weighted by Crippen LogP contribution is 2.17. The Labute approximate surface area is 146 Å². The number of carbonyl (C=O) groups is 2. The first-order chi connectivity index (χ1) is 11.9. The molecule has 0 radical (unpaired) electrons. The summed E-state index contributed by atoms with van der Waals surface area (Å²) in [5.74, 6) is 0. The molecule has 4 N–H and O–H groups in total. The number of hydrogen-bond acceptors (Lipinski definition) is 5. The molecule has 2 amide bonds. The number of aldehydes is 1. The predicted octanol–water partition coefficient (Wildman–Crippen LogP) is 0.336. The Morgan fingerprint density at radius 1 is 1.28 bits per heavy atom. The van der Waals surface area contributed by atoms with Crippen LogP contribution in [0.15, 0.2) is 17.1 Å². The number of nitrogens with zero attached hydrogens (tertiary/aromatic N) is 4. The van der Waals surface area contributed by atoms with Crippen LogP contribution in [0.2, 0.25) is 0 Å². The van der Waals surface area contributed by atoms with Crippen molar-refractivity contribution in [1.29, 1.82) is 0 Å². The summed E-state index contributed by atoms with van der Waals surface area (Å²) in [6, 6.07) is 3.40. The van der Waals surface area contributed by atoms with E-state index in [1.54, 1.807) is 11.6 Å². The van der Waals surface area contributed by atoms with Gasteiger partial charge in [0.15, 0.2) is 11.8 Å². The fourth-order valence-electron chi connectivity index (χ4n) is 2.54. The highest BCUT2D eigenvalue weighted by Gasteiger charge is 2.13. The van der Waals surface area contributed by atoms with Gasteiger partial charge in [-0.3, -0.25) is 4.79 Å². The molecule has 8 heteroatoms. The van der Waals surface area contributed by atoms with Crippen molar-refractivity contribution in [3.63, 3.8) is 0 Å². The molecule has 0 aliphatic rings. The first kappa shape index (κ1) is 18.8. The largest absolute Gasteiger partial charge is 0.345 e. The number of amides is 2. The molecule has 0 spiro atoms. The van der Waals surface area contributed by atoms with Crippen molar-refractivity contribution < 1.29 is 9.59 Å². The van der Waals surface area contributed by atoms with Gasteiger partial charge in [-0.15, -0.1) is 0 Å². The topological polar surface area (TPSA) is 120 Å². The van der Waals surface area contributed by atoms with Gasteiger partial charge >= 0.3 is 6.03 Å². The standard InChI is InChI=1S/C17H24N6O2/c1-11-8-13-15(9-12(11)2)23(7-5-19)16(14(10-24)20-13)21-17(25)22(3)6-4-18/h8-10H,4-7,18-19H2,1-3H3. The van der Waals surface area contributed by atoms with E-state index in [0.29, 0.717) is 38.0 Å². The van der Waals surface area contributed by atoms with E-state index in [4.69, 9.17) is 11.5 Å². The van der Waals surface area contributed by atoms with Crippen LogP contribution in [0.4, 0.5) is 4.79 Å². The summed E-state index contributed by atoms with van der Waals surface area (Å²) < 4.78 is 1.77. The Morgan fingerprint density at radius 2 is 1.96 bits per heavy atom. The summed E-state index contributed by atoms with van der Waals surface area (Å²) in [5.41, 5.74) is 15.1. The van der Waals surface area contributed by atoms with E-state index in [9.17, 15) is 9.59 Å². The molecule has 0 saturated heterocycles. The van der Waals surface area contributed by atoms with E-state index >= 15 is 0 Å². The second-order valence-electron chi connectivity index (χ2n) is 5.91. The van der Waals surface area contributed by atoms with E-state index in [-0.39, 0.29) is 11.2 Å².